The molecule has 6 heterocycles. The highest BCUT2D eigenvalue weighted by atomic mass is 16.2. The van der Waals surface area contributed by atoms with Gasteiger partial charge >= 0.3 is 0 Å². The van der Waals surface area contributed by atoms with E-state index in [0.717, 1.165) is 74.2 Å². The summed E-state index contributed by atoms with van der Waals surface area (Å²) in [4.78, 5) is 29.1. The van der Waals surface area contributed by atoms with E-state index in [4.69, 9.17) is 5.10 Å². The summed E-state index contributed by atoms with van der Waals surface area (Å²) < 4.78 is 3.79. The molecule has 2 aliphatic heterocycles. The summed E-state index contributed by atoms with van der Waals surface area (Å²) in [6.45, 7) is 6.30. The maximum atomic E-state index is 13.0. The van der Waals surface area contributed by atoms with Gasteiger partial charge in [0.25, 0.3) is 5.91 Å². The zero-order valence-electron chi connectivity index (χ0n) is 21.3. The van der Waals surface area contributed by atoms with Crippen LogP contribution in [0.15, 0.2) is 43.0 Å². The van der Waals surface area contributed by atoms with E-state index >= 15 is 0 Å². The molecule has 4 aromatic rings. The molecule has 3 aliphatic rings. The van der Waals surface area contributed by atoms with Gasteiger partial charge in [-0.15, -0.1) is 5.10 Å². The van der Waals surface area contributed by atoms with Crippen molar-refractivity contribution in [2.45, 2.75) is 37.8 Å². The fourth-order valence-corrected chi connectivity index (χ4v) is 5.96. The Labute approximate surface area is 215 Å². The van der Waals surface area contributed by atoms with Crippen LogP contribution in [0.1, 0.15) is 36.2 Å². The fourth-order valence-electron chi connectivity index (χ4n) is 5.96. The zero-order chi connectivity index (χ0) is 24.9. The highest BCUT2D eigenvalue weighted by Crippen LogP contribution is 2.30. The van der Waals surface area contributed by atoms with Crippen molar-refractivity contribution in [2.75, 3.05) is 51.6 Å². The van der Waals surface area contributed by atoms with Crippen molar-refractivity contribution in [3.63, 3.8) is 0 Å². The lowest BCUT2D eigenvalue weighted by molar-refractivity contribution is 0.0656. The van der Waals surface area contributed by atoms with Crippen LogP contribution in [0, 0.1) is 0 Å². The summed E-state index contributed by atoms with van der Waals surface area (Å²) >= 11 is 0. The van der Waals surface area contributed by atoms with Crippen molar-refractivity contribution in [1.29, 1.82) is 0 Å². The van der Waals surface area contributed by atoms with Gasteiger partial charge in [0.05, 0.1) is 17.9 Å². The van der Waals surface area contributed by atoms with E-state index in [1.807, 2.05) is 44.5 Å². The van der Waals surface area contributed by atoms with Crippen LogP contribution in [0.2, 0.25) is 0 Å². The predicted octanol–water partition coefficient (Wildman–Crippen LogP) is 2.47. The average Bonchev–Trinajstić information content (AvgIpc) is 3.65. The van der Waals surface area contributed by atoms with Gasteiger partial charge in [0.2, 0.25) is 5.95 Å². The van der Waals surface area contributed by atoms with Crippen LogP contribution in [0.3, 0.4) is 0 Å². The second-order valence-electron chi connectivity index (χ2n) is 10.7. The predicted molar refractivity (Wildman–Crippen MR) is 142 cm³/mol. The Hall–Kier alpha value is -3.50. The highest BCUT2D eigenvalue weighted by Gasteiger charge is 2.35. The lowest BCUT2D eigenvalue weighted by atomic mass is 9.85. The molecule has 37 heavy (non-hydrogen) atoms. The summed E-state index contributed by atoms with van der Waals surface area (Å²) in [5.41, 5.74) is 4.34. The highest BCUT2D eigenvalue weighted by molar-refractivity contribution is 5.93. The first-order valence-electron chi connectivity index (χ1n) is 13.4. The number of carbonyl (C=O) groups excluding carboxylic acids is 1. The molecule has 0 radical (unpaired) electrons. The van der Waals surface area contributed by atoms with Gasteiger partial charge in [0, 0.05) is 74.9 Å². The minimum Gasteiger partial charge on any atom is -0.350 e. The van der Waals surface area contributed by atoms with Gasteiger partial charge < -0.3 is 15.1 Å². The van der Waals surface area contributed by atoms with Crippen LogP contribution < -0.4 is 5.32 Å². The van der Waals surface area contributed by atoms with Crippen molar-refractivity contribution in [2.24, 2.45) is 0 Å². The van der Waals surface area contributed by atoms with E-state index in [1.54, 1.807) is 6.20 Å². The van der Waals surface area contributed by atoms with Crippen LogP contribution in [0.25, 0.3) is 22.3 Å². The third kappa shape index (κ3) is 4.14. The molecule has 4 aromatic heterocycles. The number of likely N-dealkylation sites (N-methyl/N-ethyl adjacent to an activating group) is 1. The van der Waals surface area contributed by atoms with Gasteiger partial charge in [-0.25, -0.2) is 14.5 Å². The average molecular weight is 500 g/mol. The molecule has 1 aliphatic carbocycles. The molecule has 1 amide bonds. The molecule has 10 nitrogen and oxygen atoms in total. The van der Waals surface area contributed by atoms with Gasteiger partial charge in [0.15, 0.2) is 0 Å². The fraction of sp³-hybridized carbons (Fsp3) is 0.481. The molecule has 1 saturated carbocycles. The Morgan fingerprint density at radius 2 is 1.78 bits per heavy atom. The zero-order valence-corrected chi connectivity index (χ0v) is 21.3. The standard InChI is InChI=1S/C27H33N9O/c1-32-10-12-33(13-11-32)21-14-20(15-21)30-27-29-16-23-22(6-9-36(23)31-27)19-4-5-25-28-17-24(35(25)18-19)26(37)34-7-2-3-8-34/h4-6,9,16-18,20-21H,2-3,7-8,10-15H2,1H3,(H,30,31). The third-order valence-electron chi connectivity index (χ3n) is 8.35. The molecule has 0 bridgehead atoms. The molecule has 0 unspecified atom stereocenters. The number of rotatable bonds is 5. The van der Waals surface area contributed by atoms with Crippen molar-refractivity contribution in [3.8, 4) is 11.1 Å². The first-order chi connectivity index (χ1) is 18.1. The Kier molecular flexibility index (Phi) is 5.58. The molecule has 3 fully saturated rings. The molecular weight excluding hydrogens is 466 g/mol. The first-order valence-corrected chi connectivity index (χ1v) is 13.4. The van der Waals surface area contributed by atoms with Gasteiger partial charge in [-0.05, 0) is 50.9 Å². The normalized spacial score (nSPS) is 23.1. The number of amides is 1. The molecule has 0 aromatic carbocycles. The summed E-state index contributed by atoms with van der Waals surface area (Å²) in [5.74, 6) is 0.717. The van der Waals surface area contributed by atoms with E-state index < -0.39 is 0 Å². The lowest BCUT2D eigenvalue weighted by Gasteiger charge is -2.46. The molecule has 1 N–H and O–H groups in total. The van der Waals surface area contributed by atoms with Gasteiger partial charge in [0.1, 0.15) is 11.3 Å². The second-order valence-corrected chi connectivity index (χ2v) is 10.7. The minimum atomic E-state index is 0.0498. The van der Waals surface area contributed by atoms with Gasteiger partial charge in [-0.1, -0.05) is 0 Å². The molecule has 7 rings (SSSR count). The summed E-state index contributed by atoms with van der Waals surface area (Å²) in [6, 6.07) is 7.16. The second kappa shape index (κ2) is 9.11. The first kappa shape index (κ1) is 22.7. The quantitative estimate of drug-likeness (QED) is 0.452. The Bertz CT molecular complexity index is 1440. The Morgan fingerprint density at radius 1 is 0.973 bits per heavy atom. The minimum absolute atomic E-state index is 0.0498. The lowest BCUT2D eigenvalue weighted by Crippen LogP contribution is -2.55. The number of likely N-dealkylation sites (tertiary alicyclic amines) is 1. The maximum Gasteiger partial charge on any atom is 0.272 e. The monoisotopic (exact) mass is 499 g/mol. The van der Waals surface area contributed by atoms with Crippen molar-refractivity contribution in [3.05, 3.63) is 48.7 Å². The number of nitrogens with zero attached hydrogens (tertiary/aromatic N) is 8. The summed E-state index contributed by atoms with van der Waals surface area (Å²) in [6.07, 6.45) is 12.0. The molecular formula is C27H33N9O. The van der Waals surface area contributed by atoms with E-state index in [9.17, 15) is 4.79 Å². The SMILES string of the molecule is CN1CCN(C2CC(Nc3ncc4c(-c5ccc6ncc(C(=O)N7CCCC7)n6c5)ccn4n3)C2)CC1. The van der Waals surface area contributed by atoms with Gasteiger partial charge in [-0.3, -0.25) is 14.1 Å². The molecule has 0 spiro atoms. The van der Waals surface area contributed by atoms with E-state index in [1.165, 1.54) is 13.1 Å². The van der Waals surface area contributed by atoms with E-state index in [2.05, 4.69) is 38.2 Å². The number of carbonyl (C=O) groups is 1. The molecule has 2 saturated heterocycles. The van der Waals surface area contributed by atoms with E-state index in [0.29, 0.717) is 23.7 Å². The number of fused-ring (bicyclic) bond motifs is 2. The maximum absolute atomic E-state index is 13.0. The van der Waals surface area contributed by atoms with Gasteiger partial charge in [-0.2, -0.15) is 0 Å². The third-order valence-corrected chi connectivity index (χ3v) is 8.35. The summed E-state index contributed by atoms with van der Waals surface area (Å²) in [5, 5.41) is 8.27. The number of pyridine rings is 1. The smallest absolute Gasteiger partial charge is 0.272 e. The van der Waals surface area contributed by atoms with Crippen molar-refractivity contribution < 1.29 is 4.79 Å². The van der Waals surface area contributed by atoms with Crippen LogP contribution in [0.5, 0.6) is 0 Å². The van der Waals surface area contributed by atoms with Crippen molar-refractivity contribution in [1.82, 2.24) is 38.7 Å². The topological polar surface area (TPSA) is 86.3 Å². The Morgan fingerprint density at radius 3 is 2.59 bits per heavy atom. The largest absolute Gasteiger partial charge is 0.350 e. The van der Waals surface area contributed by atoms with Crippen LogP contribution in [-0.2, 0) is 0 Å². The van der Waals surface area contributed by atoms with Crippen LogP contribution in [0.4, 0.5) is 5.95 Å². The number of piperazine rings is 1. The van der Waals surface area contributed by atoms with Crippen LogP contribution >= 0.6 is 0 Å². The van der Waals surface area contributed by atoms with Crippen LogP contribution in [-0.4, -0.2) is 103 Å². The Balaban J connectivity index is 1.07. The number of hydrogen-bond acceptors (Lipinski definition) is 7. The number of anilines is 1. The number of aromatic nitrogens is 5. The number of hydrogen-bond donors (Lipinski definition) is 1. The molecule has 192 valence electrons. The molecule has 10 heteroatoms. The van der Waals surface area contributed by atoms with Crippen molar-refractivity contribution >= 4 is 23.0 Å². The summed E-state index contributed by atoms with van der Waals surface area (Å²) in [7, 11) is 2.20. The number of nitrogens with one attached hydrogen (secondary N) is 1. The molecule has 0 atom stereocenters. The number of imidazole rings is 1. The van der Waals surface area contributed by atoms with E-state index in [-0.39, 0.29) is 5.91 Å².